The van der Waals surface area contributed by atoms with E-state index in [9.17, 15) is 9.90 Å². The summed E-state index contributed by atoms with van der Waals surface area (Å²) in [6.07, 6.45) is 0.845. The highest BCUT2D eigenvalue weighted by Gasteiger charge is 2.54. The molecule has 1 saturated carbocycles. The first-order valence-electron chi connectivity index (χ1n) is 6.06. The Hall–Kier alpha value is -1.57. The van der Waals surface area contributed by atoms with Crippen molar-refractivity contribution in [2.75, 3.05) is 0 Å². The maximum Gasteiger partial charge on any atom is 0.170 e. The van der Waals surface area contributed by atoms with Gasteiger partial charge in [-0.15, -0.1) is 0 Å². The number of Topliss-reactive ketones (excluding diaryl/α,β-unsaturated/α-hetero) is 1. The Balaban J connectivity index is 2.21. The van der Waals surface area contributed by atoms with Gasteiger partial charge in [-0.1, -0.05) is 17.7 Å². The molecule has 0 aliphatic heterocycles. The van der Waals surface area contributed by atoms with Gasteiger partial charge in [-0.3, -0.25) is 4.79 Å². The average Bonchev–Trinajstić information content (AvgIpc) is 2.96. The summed E-state index contributed by atoms with van der Waals surface area (Å²) >= 11 is 0. The van der Waals surface area contributed by atoms with Crippen LogP contribution in [-0.4, -0.2) is 10.9 Å². The van der Waals surface area contributed by atoms with E-state index in [1.54, 1.807) is 0 Å². The minimum absolute atomic E-state index is 0.0742. The highest BCUT2D eigenvalue weighted by atomic mass is 16.3. The molecule has 3 rings (SSSR count). The van der Waals surface area contributed by atoms with E-state index in [0.717, 1.165) is 23.1 Å². The summed E-state index contributed by atoms with van der Waals surface area (Å²) < 4.78 is 0. The summed E-state index contributed by atoms with van der Waals surface area (Å²) in [5, 5.41) is 10.1. The van der Waals surface area contributed by atoms with E-state index < -0.39 is 0 Å². The summed E-state index contributed by atoms with van der Waals surface area (Å²) in [5.41, 5.74) is 4.89. The van der Waals surface area contributed by atoms with E-state index in [4.69, 9.17) is 0 Å². The molecule has 2 nitrogen and oxygen atoms in total. The molecule has 2 aliphatic rings. The van der Waals surface area contributed by atoms with Crippen molar-refractivity contribution < 1.29 is 9.90 Å². The monoisotopic (exact) mass is 228 g/mol. The van der Waals surface area contributed by atoms with Gasteiger partial charge in [0, 0.05) is 11.8 Å². The molecule has 2 aliphatic carbocycles. The van der Waals surface area contributed by atoms with Crippen LogP contribution >= 0.6 is 0 Å². The van der Waals surface area contributed by atoms with Crippen LogP contribution in [0.5, 0.6) is 0 Å². The first kappa shape index (κ1) is 10.6. The van der Waals surface area contributed by atoms with E-state index >= 15 is 0 Å². The Morgan fingerprint density at radius 1 is 1.12 bits per heavy atom. The van der Waals surface area contributed by atoms with E-state index in [1.165, 1.54) is 5.56 Å². The van der Waals surface area contributed by atoms with Gasteiger partial charge < -0.3 is 5.11 Å². The van der Waals surface area contributed by atoms with E-state index in [0.29, 0.717) is 11.3 Å². The Kier molecular flexibility index (Phi) is 2.00. The van der Waals surface area contributed by atoms with Gasteiger partial charge in [0.05, 0.1) is 5.57 Å². The van der Waals surface area contributed by atoms with Crippen molar-refractivity contribution in [2.24, 2.45) is 11.8 Å². The van der Waals surface area contributed by atoms with Crippen LogP contribution in [0.2, 0.25) is 0 Å². The lowest BCUT2D eigenvalue weighted by molar-refractivity contribution is -0.114. The largest absolute Gasteiger partial charge is 0.511 e. The SMILES string of the molecule is Cc1cc(C)c(C2=C(O)C3CC3C2=O)c(C)c1. The standard InChI is InChI=1S/C15H16O2/c1-7-4-8(2)12(9(3)5-7)13-14(16)10-6-11(10)15(13)17/h4-5,10-11,16H,6H2,1-3H3. The summed E-state index contributed by atoms with van der Waals surface area (Å²) in [5.74, 6) is 0.667. The molecule has 0 spiro atoms. The van der Waals surface area contributed by atoms with Crippen molar-refractivity contribution in [3.05, 3.63) is 40.1 Å². The number of aryl methyl sites for hydroxylation is 3. The zero-order chi connectivity index (χ0) is 12.3. The number of aliphatic hydroxyl groups excluding tert-OH is 1. The van der Waals surface area contributed by atoms with Crippen LogP contribution in [0.4, 0.5) is 0 Å². The molecule has 17 heavy (non-hydrogen) atoms. The molecule has 1 N–H and O–H groups in total. The number of benzene rings is 1. The maximum atomic E-state index is 12.1. The Bertz CT molecular complexity index is 543. The molecule has 2 heteroatoms. The number of allylic oxidation sites excluding steroid dienone is 2. The normalized spacial score (nSPS) is 26.4. The third-order valence-corrected chi connectivity index (χ3v) is 3.91. The third kappa shape index (κ3) is 1.36. The molecule has 1 fully saturated rings. The minimum Gasteiger partial charge on any atom is -0.511 e. The van der Waals surface area contributed by atoms with Crippen LogP contribution in [0.15, 0.2) is 17.9 Å². The topological polar surface area (TPSA) is 37.3 Å². The van der Waals surface area contributed by atoms with E-state index in [1.807, 2.05) is 20.8 Å². The van der Waals surface area contributed by atoms with Gasteiger partial charge in [0.2, 0.25) is 0 Å². The lowest BCUT2D eigenvalue weighted by Crippen LogP contribution is -2.05. The summed E-state index contributed by atoms with van der Waals surface area (Å²) in [4.78, 5) is 12.1. The van der Waals surface area contributed by atoms with Crippen molar-refractivity contribution in [1.82, 2.24) is 0 Å². The zero-order valence-corrected chi connectivity index (χ0v) is 10.4. The highest BCUT2D eigenvalue weighted by molar-refractivity contribution is 6.26. The van der Waals surface area contributed by atoms with Crippen molar-refractivity contribution in [3.8, 4) is 0 Å². The second kappa shape index (κ2) is 3.22. The molecule has 0 saturated heterocycles. The fourth-order valence-electron chi connectivity index (χ4n) is 3.11. The van der Waals surface area contributed by atoms with Gasteiger partial charge in [-0.25, -0.2) is 0 Å². The van der Waals surface area contributed by atoms with Crippen LogP contribution in [-0.2, 0) is 4.79 Å². The summed E-state index contributed by atoms with van der Waals surface area (Å²) in [6.45, 7) is 6.06. The van der Waals surface area contributed by atoms with Gasteiger partial charge in [-0.05, 0) is 43.9 Å². The molecule has 0 radical (unpaired) electrons. The number of carbonyl (C=O) groups is 1. The van der Waals surface area contributed by atoms with Crippen LogP contribution in [0.25, 0.3) is 5.57 Å². The van der Waals surface area contributed by atoms with Gasteiger partial charge in [-0.2, -0.15) is 0 Å². The van der Waals surface area contributed by atoms with E-state index in [-0.39, 0.29) is 17.6 Å². The molecule has 2 atom stereocenters. The van der Waals surface area contributed by atoms with Gasteiger partial charge in [0.15, 0.2) is 5.78 Å². The molecule has 0 aromatic heterocycles. The highest BCUT2D eigenvalue weighted by Crippen LogP contribution is 2.54. The number of ketones is 1. The number of hydrogen-bond donors (Lipinski definition) is 1. The molecule has 0 bridgehead atoms. The Labute approximate surface area is 101 Å². The fraction of sp³-hybridized carbons (Fsp3) is 0.400. The Morgan fingerprint density at radius 3 is 2.18 bits per heavy atom. The molecule has 1 aromatic rings. The van der Waals surface area contributed by atoms with Crippen molar-refractivity contribution in [3.63, 3.8) is 0 Å². The fourth-order valence-corrected chi connectivity index (χ4v) is 3.11. The second-order valence-electron chi connectivity index (χ2n) is 5.35. The van der Waals surface area contributed by atoms with E-state index in [2.05, 4.69) is 12.1 Å². The van der Waals surface area contributed by atoms with Gasteiger partial charge in [0.1, 0.15) is 5.76 Å². The zero-order valence-electron chi connectivity index (χ0n) is 10.4. The van der Waals surface area contributed by atoms with Crippen molar-refractivity contribution >= 4 is 11.4 Å². The maximum absolute atomic E-state index is 12.1. The van der Waals surface area contributed by atoms with Crippen LogP contribution in [0.1, 0.15) is 28.7 Å². The van der Waals surface area contributed by atoms with Gasteiger partial charge >= 0.3 is 0 Å². The first-order valence-corrected chi connectivity index (χ1v) is 6.06. The quantitative estimate of drug-likeness (QED) is 0.802. The summed E-state index contributed by atoms with van der Waals surface area (Å²) in [7, 11) is 0. The summed E-state index contributed by atoms with van der Waals surface area (Å²) in [6, 6.07) is 4.14. The molecular weight excluding hydrogens is 212 g/mol. The number of rotatable bonds is 1. The molecule has 88 valence electrons. The second-order valence-corrected chi connectivity index (χ2v) is 5.35. The average molecular weight is 228 g/mol. The predicted octanol–water partition coefficient (Wildman–Crippen LogP) is 3.10. The third-order valence-electron chi connectivity index (χ3n) is 3.91. The molecular formula is C15H16O2. The first-order chi connectivity index (χ1) is 8.00. The minimum atomic E-state index is 0.0742. The molecule has 1 aromatic carbocycles. The number of fused-ring (bicyclic) bond motifs is 1. The molecule has 0 heterocycles. The Morgan fingerprint density at radius 2 is 1.71 bits per heavy atom. The van der Waals surface area contributed by atoms with Gasteiger partial charge in [0.25, 0.3) is 0 Å². The van der Waals surface area contributed by atoms with Crippen molar-refractivity contribution in [2.45, 2.75) is 27.2 Å². The predicted molar refractivity (Wildman–Crippen MR) is 66.8 cm³/mol. The number of aliphatic hydroxyl groups is 1. The smallest absolute Gasteiger partial charge is 0.170 e. The lowest BCUT2D eigenvalue weighted by atomic mass is 9.91. The lowest BCUT2D eigenvalue weighted by Gasteiger charge is -2.13. The molecule has 0 amide bonds. The molecule has 2 unspecified atom stereocenters. The number of carbonyl (C=O) groups excluding carboxylic acids is 1. The van der Waals surface area contributed by atoms with Crippen LogP contribution in [0.3, 0.4) is 0 Å². The van der Waals surface area contributed by atoms with Crippen molar-refractivity contribution in [1.29, 1.82) is 0 Å². The number of hydrogen-bond acceptors (Lipinski definition) is 2. The van der Waals surface area contributed by atoms with Crippen LogP contribution < -0.4 is 0 Å². The van der Waals surface area contributed by atoms with Crippen LogP contribution in [0, 0.1) is 32.6 Å².